The number of rotatable bonds is 5. The molecule has 0 N–H and O–H groups in total. The highest BCUT2D eigenvalue weighted by molar-refractivity contribution is 6.03. The molecule has 1 saturated heterocycles. The van der Waals surface area contributed by atoms with Crippen molar-refractivity contribution in [2.24, 2.45) is 0 Å². The van der Waals surface area contributed by atoms with E-state index in [1.54, 1.807) is 13.8 Å². The first-order valence-corrected chi connectivity index (χ1v) is 5.71. The Morgan fingerprint density at radius 2 is 1.94 bits per heavy atom. The molecule has 16 heavy (non-hydrogen) atoms. The van der Waals surface area contributed by atoms with E-state index in [1.807, 2.05) is 4.90 Å². The second kappa shape index (κ2) is 6.60. The zero-order chi connectivity index (χ0) is 12.0. The number of Topliss-reactive ketones (excluding diaryl/α,β-unsaturated/α-hetero) is 1. The Morgan fingerprint density at radius 3 is 2.44 bits per heavy atom. The molecule has 0 aliphatic carbocycles. The molecule has 0 spiro atoms. The van der Waals surface area contributed by atoms with Gasteiger partial charge in [0.25, 0.3) is 0 Å². The van der Waals surface area contributed by atoms with Crippen LogP contribution in [0.5, 0.6) is 0 Å². The van der Waals surface area contributed by atoms with Gasteiger partial charge in [-0.1, -0.05) is 6.92 Å². The van der Waals surface area contributed by atoms with Crippen LogP contribution in [0.4, 0.5) is 0 Å². The van der Waals surface area contributed by atoms with E-state index in [2.05, 4.69) is 0 Å². The van der Waals surface area contributed by atoms with E-state index in [-0.39, 0.29) is 5.78 Å². The lowest BCUT2D eigenvalue weighted by atomic mass is 10.1. The van der Waals surface area contributed by atoms with Gasteiger partial charge in [-0.25, -0.2) is 4.79 Å². The van der Waals surface area contributed by atoms with Gasteiger partial charge in [0.2, 0.25) is 0 Å². The summed E-state index contributed by atoms with van der Waals surface area (Å²) in [6.45, 7) is 6.14. The van der Waals surface area contributed by atoms with Crippen LogP contribution in [0.1, 0.15) is 20.3 Å². The van der Waals surface area contributed by atoms with Crippen LogP contribution in [0, 0.1) is 0 Å². The lowest BCUT2D eigenvalue weighted by molar-refractivity contribution is -0.155. The standard InChI is InChI=1S/C11H19NO4/c1-3-9(13)10(11(14)16-4-2)12-5-7-15-8-6-12/h10H,3-8H2,1-2H3. The minimum Gasteiger partial charge on any atom is -0.464 e. The van der Waals surface area contributed by atoms with Crippen LogP contribution < -0.4 is 0 Å². The highest BCUT2D eigenvalue weighted by Gasteiger charge is 2.33. The van der Waals surface area contributed by atoms with Crippen molar-refractivity contribution >= 4 is 11.8 Å². The van der Waals surface area contributed by atoms with Crippen LogP contribution in [0.2, 0.25) is 0 Å². The number of ketones is 1. The van der Waals surface area contributed by atoms with E-state index < -0.39 is 12.0 Å². The van der Waals surface area contributed by atoms with Crippen LogP contribution in [0.15, 0.2) is 0 Å². The zero-order valence-electron chi connectivity index (χ0n) is 9.90. The average molecular weight is 229 g/mol. The highest BCUT2D eigenvalue weighted by Crippen LogP contribution is 2.09. The van der Waals surface area contributed by atoms with Crippen molar-refractivity contribution in [1.82, 2.24) is 4.90 Å². The van der Waals surface area contributed by atoms with E-state index in [0.29, 0.717) is 39.3 Å². The Bertz CT molecular complexity index is 248. The summed E-state index contributed by atoms with van der Waals surface area (Å²) in [5, 5.41) is 0. The third-order valence-electron chi connectivity index (χ3n) is 2.57. The molecule has 1 aliphatic rings. The van der Waals surface area contributed by atoms with Crippen molar-refractivity contribution in [3.63, 3.8) is 0 Å². The van der Waals surface area contributed by atoms with Gasteiger partial charge in [0.05, 0.1) is 19.8 Å². The number of ether oxygens (including phenoxy) is 2. The van der Waals surface area contributed by atoms with Gasteiger partial charge in [-0.15, -0.1) is 0 Å². The van der Waals surface area contributed by atoms with Crippen LogP contribution in [0.3, 0.4) is 0 Å². The molecule has 1 aliphatic heterocycles. The minimum atomic E-state index is -0.742. The van der Waals surface area contributed by atoms with Crippen LogP contribution in [-0.2, 0) is 19.1 Å². The van der Waals surface area contributed by atoms with Gasteiger partial charge >= 0.3 is 5.97 Å². The summed E-state index contributed by atoms with van der Waals surface area (Å²) in [4.78, 5) is 25.3. The molecule has 1 heterocycles. The summed E-state index contributed by atoms with van der Waals surface area (Å²) in [5.74, 6) is -0.517. The van der Waals surface area contributed by atoms with Crippen molar-refractivity contribution in [3.05, 3.63) is 0 Å². The van der Waals surface area contributed by atoms with E-state index >= 15 is 0 Å². The zero-order valence-corrected chi connectivity index (χ0v) is 9.90. The fourth-order valence-electron chi connectivity index (χ4n) is 1.73. The third kappa shape index (κ3) is 3.28. The molecule has 0 radical (unpaired) electrons. The van der Waals surface area contributed by atoms with Gasteiger partial charge in [0.15, 0.2) is 11.8 Å². The predicted octanol–water partition coefficient (Wildman–Crippen LogP) is 0.229. The van der Waals surface area contributed by atoms with Crippen LogP contribution >= 0.6 is 0 Å². The average Bonchev–Trinajstić information content (AvgIpc) is 2.31. The maximum absolute atomic E-state index is 11.7. The third-order valence-corrected chi connectivity index (χ3v) is 2.57. The Kier molecular flexibility index (Phi) is 5.42. The molecule has 5 nitrogen and oxygen atoms in total. The molecule has 92 valence electrons. The Hall–Kier alpha value is -0.940. The number of hydrogen-bond acceptors (Lipinski definition) is 5. The van der Waals surface area contributed by atoms with Gasteiger partial charge in [0, 0.05) is 19.5 Å². The topological polar surface area (TPSA) is 55.8 Å². The Labute approximate surface area is 95.7 Å². The fourth-order valence-corrected chi connectivity index (χ4v) is 1.73. The number of carbonyl (C=O) groups is 2. The first-order valence-electron chi connectivity index (χ1n) is 5.71. The van der Waals surface area contributed by atoms with Crippen LogP contribution in [0.25, 0.3) is 0 Å². The largest absolute Gasteiger partial charge is 0.464 e. The van der Waals surface area contributed by atoms with E-state index in [1.165, 1.54) is 0 Å². The molecule has 0 aromatic carbocycles. The summed E-state index contributed by atoms with van der Waals surface area (Å²) in [6.07, 6.45) is 0.348. The van der Waals surface area contributed by atoms with E-state index in [9.17, 15) is 9.59 Å². The maximum Gasteiger partial charge on any atom is 0.331 e. The second-order valence-electron chi connectivity index (χ2n) is 3.62. The molecule has 1 fully saturated rings. The molecule has 0 aromatic rings. The number of esters is 1. The van der Waals surface area contributed by atoms with Gasteiger partial charge in [-0.05, 0) is 6.92 Å². The number of carbonyl (C=O) groups excluding carboxylic acids is 2. The normalized spacial score (nSPS) is 19.1. The first-order chi connectivity index (χ1) is 7.70. The first kappa shape index (κ1) is 13.1. The Balaban J connectivity index is 2.68. The minimum absolute atomic E-state index is 0.0830. The predicted molar refractivity (Wildman–Crippen MR) is 58.1 cm³/mol. The molecule has 0 amide bonds. The van der Waals surface area contributed by atoms with Crippen molar-refractivity contribution in [2.75, 3.05) is 32.9 Å². The SMILES string of the molecule is CCOC(=O)C(C(=O)CC)N1CCOCC1. The molecule has 1 unspecified atom stereocenters. The summed E-state index contributed by atoms with van der Waals surface area (Å²) in [5.41, 5.74) is 0. The van der Waals surface area contributed by atoms with Crippen LogP contribution in [-0.4, -0.2) is 55.6 Å². The lowest BCUT2D eigenvalue weighted by Crippen LogP contribution is -2.52. The second-order valence-corrected chi connectivity index (χ2v) is 3.62. The van der Waals surface area contributed by atoms with E-state index in [0.717, 1.165) is 0 Å². The molecule has 5 heteroatoms. The van der Waals surface area contributed by atoms with Crippen molar-refractivity contribution in [2.45, 2.75) is 26.3 Å². The summed E-state index contributed by atoms with van der Waals surface area (Å²) in [6, 6.07) is -0.742. The quantitative estimate of drug-likeness (QED) is 0.499. The molecular formula is C11H19NO4. The molecule has 0 bridgehead atoms. The van der Waals surface area contributed by atoms with Gasteiger partial charge in [-0.3, -0.25) is 9.69 Å². The van der Waals surface area contributed by atoms with E-state index in [4.69, 9.17) is 9.47 Å². The van der Waals surface area contributed by atoms with Gasteiger partial charge in [-0.2, -0.15) is 0 Å². The van der Waals surface area contributed by atoms with Gasteiger partial charge < -0.3 is 9.47 Å². The molecule has 0 saturated carbocycles. The van der Waals surface area contributed by atoms with Gasteiger partial charge in [0.1, 0.15) is 0 Å². The molecule has 0 aromatic heterocycles. The molecule has 1 rings (SSSR count). The Morgan fingerprint density at radius 1 is 1.31 bits per heavy atom. The van der Waals surface area contributed by atoms with Crippen molar-refractivity contribution in [1.29, 1.82) is 0 Å². The maximum atomic E-state index is 11.7. The van der Waals surface area contributed by atoms with Crippen molar-refractivity contribution in [3.8, 4) is 0 Å². The monoisotopic (exact) mass is 229 g/mol. The number of morpholine rings is 1. The summed E-state index contributed by atoms with van der Waals surface area (Å²) < 4.78 is 10.1. The van der Waals surface area contributed by atoms with Crippen molar-refractivity contribution < 1.29 is 19.1 Å². The molecule has 1 atom stereocenters. The highest BCUT2D eigenvalue weighted by atomic mass is 16.5. The summed E-state index contributed by atoms with van der Waals surface area (Å²) in [7, 11) is 0. The number of nitrogens with zero attached hydrogens (tertiary/aromatic N) is 1. The fraction of sp³-hybridized carbons (Fsp3) is 0.818. The summed E-state index contributed by atoms with van der Waals surface area (Å²) >= 11 is 0. The molecular weight excluding hydrogens is 210 g/mol. The lowest BCUT2D eigenvalue weighted by Gasteiger charge is -2.31. The smallest absolute Gasteiger partial charge is 0.331 e. The number of hydrogen-bond donors (Lipinski definition) is 0.